The SMILES string of the molecule is C.CC(C)(C)c1cc2cc(N)cc(F)c2[nH]1.CC(C)(C)c1cc2cc([N+](=O)[O-])cc(F)c2[nH]1. The molecule has 6 nitrogen and oxygen atoms in total. The fourth-order valence-electron chi connectivity index (χ4n) is 3.32. The predicted octanol–water partition coefficient (Wildman–Crippen LogP) is 7.34. The van der Waals surface area contributed by atoms with E-state index in [9.17, 15) is 18.9 Å². The molecular formula is C25H32F2N4O2. The lowest BCUT2D eigenvalue weighted by Gasteiger charge is -2.15. The van der Waals surface area contributed by atoms with Crippen molar-refractivity contribution < 1.29 is 13.7 Å². The van der Waals surface area contributed by atoms with Crippen molar-refractivity contribution in [1.29, 1.82) is 0 Å². The average Bonchev–Trinajstić information content (AvgIpc) is 3.26. The first-order valence-corrected chi connectivity index (χ1v) is 10.2. The summed E-state index contributed by atoms with van der Waals surface area (Å²) in [5.74, 6) is -0.884. The number of hydrogen-bond acceptors (Lipinski definition) is 3. The zero-order valence-corrected chi connectivity index (χ0v) is 19.1. The van der Waals surface area contributed by atoms with Gasteiger partial charge in [-0.25, -0.2) is 8.78 Å². The van der Waals surface area contributed by atoms with Crippen molar-refractivity contribution in [2.45, 2.75) is 59.8 Å². The Morgan fingerprint density at radius 1 is 0.788 bits per heavy atom. The molecule has 0 aliphatic carbocycles. The van der Waals surface area contributed by atoms with Gasteiger partial charge in [0.05, 0.1) is 22.0 Å². The Hall–Kier alpha value is -3.42. The van der Waals surface area contributed by atoms with E-state index in [4.69, 9.17) is 5.73 Å². The van der Waals surface area contributed by atoms with Crippen LogP contribution in [0.5, 0.6) is 0 Å². The Morgan fingerprint density at radius 2 is 1.21 bits per heavy atom. The largest absolute Gasteiger partial charge is 0.399 e. The monoisotopic (exact) mass is 458 g/mol. The number of hydrogen-bond donors (Lipinski definition) is 3. The van der Waals surface area contributed by atoms with Crippen LogP contribution in [0, 0.1) is 21.7 Å². The van der Waals surface area contributed by atoms with Crippen LogP contribution in [0.25, 0.3) is 21.8 Å². The minimum Gasteiger partial charge on any atom is -0.399 e. The van der Waals surface area contributed by atoms with E-state index in [0.717, 1.165) is 22.8 Å². The van der Waals surface area contributed by atoms with Gasteiger partial charge in [0.2, 0.25) is 0 Å². The van der Waals surface area contributed by atoms with Crippen molar-refractivity contribution >= 4 is 33.2 Å². The number of H-pyrrole nitrogens is 2. The second-order valence-electron chi connectivity index (χ2n) is 9.98. The third-order valence-corrected chi connectivity index (χ3v) is 5.19. The highest BCUT2D eigenvalue weighted by atomic mass is 19.1. The molecule has 0 aliphatic rings. The molecule has 2 heterocycles. The molecule has 2 aromatic carbocycles. The molecule has 0 atom stereocenters. The minimum absolute atomic E-state index is 0. The zero-order chi connectivity index (χ0) is 24.0. The summed E-state index contributed by atoms with van der Waals surface area (Å²) in [7, 11) is 0. The zero-order valence-electron chi connectivity index (χ0n) is 19.1. The highest BCUT2D eigenvalue weighted by molar-refractivity contribution is 5.85. The topological polar surface area (TPSA) is 101 Å². The van der Waals surface area contributed by atoms with Gasteiger partial charge in [0, 0.05) is 44.7 Å². The number of halogens is 2. The van der Waals surface area contributed by atoms with E-state index in [1.807, 2.05) is 26.8 Å². The number of rotatable bonds is 1. The minimum atomic E-state index is -0.593. The normalized spacial score (nSPS) is 11.8. The summed E-state index contributed by atoms with van der Waals surface area (Å²) < 4.78 is 27.2. The van der Waals surface area contributed by atoms with Crippen LogP contribution < -0.4 is 5.73 Å². The average molecular weight is 459 g/mol. The van der Waals surface area contributed by atoms with Crippen molar-refractivity contribution in [1.82, 2.24) is 9.97 Å². The van der Waals surface area contributed by atoms with E-state index in [1.54, 1.807) is 12.1 Å². The summed E-state index contributed by atoms with van der Waals surface area (Å²) in [5, 5.41) is 12.0. The lowest BCUT2D eigenvalue weighted by molar-refractivity contribution is -0.384. The second-order valence-corrected chi connectivity index (χ2v) is 9.98. The maximum absolute atomic E-state index is 13.7. The number of non-ortho nitro benzene ring substituents is 1. The van der Waals surface area contributed by atoms with Crippen molar-refractivity contribution in [3.05, 3.63) is 69.5 Å². The van der Waals surface area contributed by atoms with Gasteiger partial charge in [-0.1, -0.05) is 49.0 Å². The molecule has 33 heavy (non-hydrogen) atoms. The molecule has 0 bridgehead atoms. The molecule has 0 spiro atoms. The Bertz CT molecular complexity index is 1310. The van der Waals surface area contributed by atoms with Gasteiger partial charge in [-0.15, -0.1) is 0 Å². The molecule has 4 N–H and O–H groups in total. The summed E-state index contributed by atoms with van der Waals surface area (Å²) in [5.41, 5.74) is 8.38. The highest BCUT2D eigenvalue weighted by Gasteiger charge is 2.20. The Balaban J connectivity index is 0.000000228. The summed E-state index contributed by atoms with van der Waals surface area (Å²) in [4.78, 5) is 16.1. The first-order valence-electron chi connectivity index (χ1n) is 10.2. The van der Waals surface area contributed by atoms with Gasteiger partial charge in [-0.05, 0) is 24.3 Å². The van der Waals surface area contributed by atoms with Gasteiger partial charge in [-0.2, -0.15) is 0 Å². The van der Waals surface area contributed by atoms with Gasteiger partial charge < -0.3 is 15.7 Å². The van der Waals surface area contributed by atoms with E-state index in [0.29, 0.717) is 22.1 Å². The summed E-state index contributed by atoms with van der Waals surface area (Å²) in [6.07, 6.45) is 0. The third kappa shape index (κ3) is 5.50. The molecular weight excluding hydrogens is 426 g/mol. The Kier molecular flexibility index (Phi) is 6.92. The molecule has 0 unspecified atom stereocenters. The van der Waals surface area contributed by atoms with Gasteiger partial charge in [0.1, 0.15) is 5.82 Å². The molecule has 2 aromatic heterocycles. The number of nitrogens with one attached hydrogen (secondary N) is 2. The number of benzene rings is 2. The lowest BCUT2D eigenvalue weighted by atomic mass is 9.92. The molecule has 8 heteroatoms. The Labute approximate surface area is 192 Å². The summed E-state index contributed by atoms with van der Waals surface area (Å²) in [6, 6.07) is 9.14. The van der Waals surface area contributed by atoms with Crippen LogP contribution in [-0.4, -0.2) is 14.9 Å². The lowest BCUT2D eigenvalue weighted by Crippen LogP contribution is -2.11. The molecule has 0 aliphatic heterocycles. The van der Waals surface area contributed by atoms with Crippen LogP contribution in [-0.2, 0) is 10.8 Å². The van der Waals surface area contributed by atoms with Crippen LogP contribution in [0.15, 0.2) is 36.4 Å². The second kappa shape index (κ2) is 8.84. The highest BCUT2D eigenvalue weighted by Crippen LogP contribution is 2.30. The first kappa shape index (κ1) is 25.8. The number of aromatic nitrogens is 2. The van der Waals surface area contributed by atoms with Crippen molar-refractivity contribution in [3.8, 4) is 0 Å². The van der Waals surface area contributed by atoms with Crippen LogP contribution in [0.4, 0.5) is 20.2 Å². The number of fused-ring (bicyclic) bond motifs is 2. The molecule has 0 fully saturated rings. The maximum Gasteiger partial charge on any atom is 0.273 e. The first-order chi connectivity index (χ1) is 14.7. The van der Waals surface area contributed by atoms with E-state index in [-0.39, 0.29) is 29.8 Å². The van der Waals surface area contributed by atoms with Gasteiger partial charge in [0.15, 0.2) is 5.82 Å². The molecule has 0 radical (unpaired) electrons. The number of nitrogens with two attached hydrogens (primary N) is 1. The van der Waals surface area contributed by atoms with E-state index in [1.165, 1.54) is 12.1 Å². The quantitative estimate of drug-likeness (QED) is 0.158. The van der Waals surface area contributed by atoms with Gasteiger partial charge >= 0.3 is 0 Å². The number of nitrogens with zero attached hydrogens (tertiary/aromatic N) is 1. The van der Waals surface area contributed by atoms with E-state index < -0.39 is 10.7 Å². The van der Waals surface area contributed by atoms with E-state index in [2.05, 4.69) is 30.7 Å². The number of anilines is 1. The fraction of sp³-hybridized carbons (Fsp3) is 0.360. The van der Waals surface area contributed by atoms with Crippen LogP contribution in [0.3, 0.4) is 0 Å². The number of nitro groups is 1. The van der Waals surface area contributed by atoms with E-state index >= 15 is 0 Å². The van der Waals surface area contributed by atoms with Crippen molar-refractivity contribution in [3.63, 3.8) is 0 Å². The van der Waals surface area contributed by atoms with Gasteiger partial charge in [0.25, 0.3) is 5.69 Å². The molecule has 0 amide bonds. The van der Waals surface area contributed by atoms with Crippen molar-refractivity contribution in [2.75, 3.05) is 5.73 Å². The summed E-state index contributed by atoms with van der Waals surface area (Å²) >= 11 is 0. The molecule has 0 saturated heterocycles. The fourth-order valence-corrected chi connectivity index (χ4v) is 3.32. The predicted molar refractivity (Wildman–Crippen MR) is 132 cm³/mol. The maximum atomic E-state index is 13.7. The number of aromatic amines is 2. The Morgan fingerprint density at radius 3 is 1.64 bits per heavy atom. The number of nitrogen functional groups attached to an aromatic ring is 1. The van der Waals surface area contributed by atoms with Gasteiger partial charge in [-0.3, -0.25) is 10.1 Å². The summed E-state index contributed by atoms with van der Waals surface area (Å²) in [6.45, 7) is 12.2. The van der Waals surface area contributed by atoms with Crippen molar-refractivity contribution in [2.24, 2.45) is 0 Å². The molecule has 178 valence electrons. The van der Waals surface area contributed by atoms with Crippen LogP contribution in [0.1, 0.15) is 60.4 Å². The van der Waals surface area contributed by atoms with Crippen LogP contribution >= 0.6 is 0 Å². The molecule has 0 saturated carbocycles. The molecule has 4 aromatic rings. The standard InChI is InChI=1S/C12H13FN2O2.C12H15FN2.CH4/c1-12(2,3)10-5-7-4-8(15(16)17)6-9(13)11(7)14-10;1-12(2,3)10-5-7-4-8(14)6-9(13)11(7)15-10;/h4-6,14H,1-3H3;4-6,15H,14H2,1-3H3;1H4. The smallest absolute Gasteiger partial charge is 0.273 e. The number of nitro benzene ring substituents is 1. The van der Waals surface area contributed by atoms with Crippen LogP contribution in [0.2, 0.25) is 0 Å². The third-order valence-electron chi connectivity index (χ3n) is 5.19. The molecule has 4 rings (SSSR count).